The molecule has 3 heteroatoms. The van der Waals surface area contributed by atoms with Gasteiger partial charge in [-0.2, -0.15) is 17.0 Å². The van der Waals surface area contributed by atoms with Crippen molar-refractivity contribution in [1.82, 2.24) is 5.32 Å². The van der Waals surface area contributed by atoms with E-state index >= 15 is 0 Å². The maximum absolute atomic E-state index is 9.36. The van der Waals surface area contributed by atoms with E-state index in [2.05, 4.69) is 25.2 Å². The van der Waals surface area contributed by atoms with Gasteiger partial charge in [0.2, 0.25) is 0 Å². The van der Waals surface area contributed by atoms with E-state index in [9.17, 15) is 5.26 Å². The van der Waals surface area contributed by atoms with E-state index in [-0.39, 0.29) is 5.54 Å². The molecule has 0 aromatic rings. The van der Waals surface area contributed by atoms with Crippen LogP contribution in [0.2, 0.25) is 0 Å². The Labute approximate surface area is 97.8 Å². The maximum atomic E-state index is 9.36. The predicted molar refractivity (Wildman–Crippen MR) is 67.0 cm³/mol. The number of nitriles is 1. The normalized spacial score (nSPS) is 30.3. The monoisotopic (exact) mass is 226 g/mol. The van der Waals surface area contributed by atoms with Crippen LogP contribution in [0.25, 0.3) is 0 Å². The zero-order valence-electron chi connectivity index (χ0n) is 9.88. The molecule has 2 unspecified atom stereocenters. The van der Waals surface area contributed by atoms with E-state index in [1.165, 1.54) is 30.8 Å². The largest absolute Gasteiger partial charge is 0.299 e. The molecule has 0 amide bonds. The summed E-state index contributed by atoms with van der Waals surface area (Å²) < 4.78 is 0. The Bertz CT molecular complexity index is 224. The first-order chi connectivity index (χ1) is 7.29. The summed E-state index contributed by atoms with van der Waals surface area (Å²) in [5.74, 6) is 2.96. The summed E-state index contributed by atoms with van der Waals surface area (Å²) in [7, 11) is 0. The number of hydrogen-bond acceptors (Lipinski definition) is 3. The second-order valence-electron chi connectivity index (χ2n) is 4.19. The Morgan fingerprint density at radius 3 is 2.93 bits per heavy atom. The minimum Gasteiger partial charge on any atom is -0.299 e. The molecule has 0 aliphatic heterocycles. The topological polar surface area (TPSA) is 35.8 Å². The molecule has 1 N–H and O–H groups in total. The van der Waals surface area contributed by atoms with Crippen LogP contribution in [0.4, 0.5) is 0 Å². The second-order valence-corrected chi connectivity index (χ2v) is 5.58. The summed E-state index contributed by atoms with van der Waals surface area (Å²) in [4.78, 5) is 0. The quantitative estimate of drug-likeness (QED) is 0.707. The Morgan fingerprint density at radius 1 is 1.53 bits per heavy atom. The van der Waals surface area contributed by atoms with Crippen molar-refractivity contribution in [3.05, 3.63) is 0 Å². The molecular formula is C12H22N2S. The molecule has 0 bridgehead atoms. The molecule has 0 aromatic heterocycles. The Kier molecular flexibility index (Phi) is 5.49. The first-order valence-electron chi connectivity index (χ1n) is 6.03. The molecule has 0 aromatic carbocycles. The minimum absolute atomic E-state index is 0.205. The second kappa shape index (κ2) is 6.40. The molecule has 0 radical (unpaired) electrons. The number of nitrogens with zero attached hydrogens (tertiary/aromatic N) is 1. The maximum Gasteiger partial charge on any atom is 0.109 e. The van der Waals surface area contributed by atoms with Crippen LogP contribution in [0.15, 0.2) is 0 Å². The Hall–Kier alpha value is -0.200. The molecule has 86 valence electrons. The summed E-state index contributed by atoms with van der Waals surface area (Å²) in [6.45, 7) is 5.20. The molecule has 0 heterocycles. The van der Waals surface area contributed by atoms with Crippen LogP contribution >= 0.6 is 11.8 Å². The summed E-state index contributed by atoms with van der Waals surface area (Å²) in [6, 6.07) is 2.53. The van der Waals surface area contributed by atoms with Crippen LogP contribution in [-0.4, -0.2) is 23.6 Å². The number of hydrogen-bond donors (Lipinski definition) is 1. The van der Waals surface area contributed by atoms with Crippen molar-refractivity contribution in [2.24, 2.45) is 5.92 Å². The van der Waals surface area contributed by atoms with Gasteiger partial charge in [-0.3, -0.25) is 5.32 Å². The summed E-state index contributed by atoms with van der Waals surface area (Å²) in [5.41, 5.74) is -0.205. The molecular weight excluding hydrogens is 204 g/mol. The van der Waals surface area contributed by atoms with E-state index in [1.807, 2.05) is 11.8 Å². The molecule has 15 heavy (non-hydrogen) atoms. The average molecular weight is 226 g/mol. The van der Waals surface area contributed by atoms with E-state index in [4.69, 9.17) is 0 Å². The smallest absolute Gasteiger partial charge is 0.109 e. The summed E-state index contributed by atoms with van der Waals surface area (Å²) in [5, 5.41) is 12.8. The Morgan fingerprint density at radius 2 is 2.33 bits per heavy atom. The van der Waals surface area contributed by atoms with E-state index in [0.717, 1.165) is 13.0 Å². The highest BCUT2D eigenvalue weighted by Crippen LogP contribution is 2.38. The lowest BCUT2D eigenvalue weighted by atomic mass is 9.86. The molecule has 2 nitrogen and oxygen atoms in total. The lowest BCUT2D eigenvalue weighted by Crippen LogP contribution is -2.47. The summed E-state index contributed by atoms with van der Waals surface area (Å²) in [6.07, 6.45) is 4.67. The molecule has 1 rings (SSSR count). The third kappa shape index (κ3) is 3.12. The first kappa shape index (κ1) is 12.9. The number of rotatable bonds is 6. The van der Waals surface area contributed by atoms with E-state index < -0.39 is 0 Å². The van der Waals surface area contributed by atoms with Crippen molar-refractivity contribution in [2.75, 3.05) is 18.1 Å². The van der Waals surface area contributed by atoms with Gasteiger partial charge in [0, 0.05) is 0 Å². The van der Waals surface area contributed by atoms with Gasteiger partial charge in [0.15, 0.2) is 0 Å². The van der Waals surface area contributed by atoms with Gasteiger partial charge in [0.25, 0.3) is 0 Å². The van der Waals surface area contributed by atoms with E-state index in [1.54, 1.807) is 0 Å². The highest BCUT2D eigenvalue weighted by Gasteiger charge is 2.41. The highest BCUT2D eigenvalue weighted by molar-refractivity contribution is 7.99. The SMILES string of the molecule is CCNC1(C#N)CCCC1CCSCC. The van der Waals surface area contributed by atoms with Gasteiger partial charge in [-0.25, -0.2) is 0 Å². The van der Waals surface area contributed by atoms with Gasteiger partial charge in [0.1, 0.15) is 5.54 Å². The molecule has 1 aliphatic rings. The average Bonchev–Trinajstić information content (AvgIpc) is 2.63. The van der Waals surface area contributed by atoms with Gasteiger partial charge < -0.3 is 0 Å². The van der Waals surface area contributed by atoms with Crippen molar-refractivity contribution in [1.29, 1.82) is 5.26 Å². The number of thioether (sulfide) groups is 1. The minimum atomic E-state index is -0.205. The van der Waals surface area contributed by atoms with Crippen LogP contribution in [0.1, 0.15) is 39.5 Å². The van der Waals surface area contributed by atoms with Crippen LogP contribution in [-0.2, 0) is 0 Å². The third-order valence-electron chi connectivity index (χ3n) is 3.33. The number of nitrogens with one attached hydrogen (secondary N) is 1. The molecule has 2 atom stereocenters. The first-order valence-corrected chi connectivity index (χ1v) is 7.18. The van der Waals surface area contributed by atoms with Gasteiger partial charge in [-0.1, -0.05) is 20.3 Å². The lowest BCUT2D eigenvalue weighted by molar-refractivity contribution is 0.317. The predicted octanol–water partition coefficient (Wildman–Crippen LogP) is 2.80. The van der Waals surface area contributed by atoms with Crippen molar-refractivity contribution < 1.29 is 0 Å². The zero-order chi connectivity index (χ0) is 11.1. The van der Waals surface area contributed by atoms with E-state index in [0.29, 0.717) is 5.92 Å². The van der Waals surface area contributed by atoms with Gasteiger partial charge in [0.05, 0.1) is 6.07 Å². The fourth-order valence-electron chi connectivity index (χ4n) is 2.57. The van der Waals surface area contributed by atoms with Crippen LogP contribution in [0.3, 0.4) is 0 Å². The molecule has 0 spiro atoms. The third-order valence-corrected chi connectivity index (χ3v) is 4.26. The zero-order valence-corrected chi connectivity index (χ0v) is 10.7. The van der Waals surface area contributed by atoms with Gasteiger partial charge in [-0.05, 0) is 43.2 Å². The van der Waals surface area contributed by atoms with Crippen molar-refractivity contribution in [2.45, 2.75) is 45.1 Å². The Balaban J connectivity index is 2.50. The molecule has 0 saturated heterocycles. The lowest BCUT2D eigenvalue weighted by Gasteiger charge is -2.29. The fourth-order valence-corrected chi connectivity index (χ4v) is 3.31. The molecule has 1 aliphatic carbocycles. The molecule has 1 fully saturated rings. The highest BCUT2D eigenvalue weighted by atomic mass is 32.2. The summed E-state index contributed by atoms with van der Waals surface area (Å²) >= 11 is 1.99. The standard InChI is InChI=1S/C12H22N2S/c1-3-14-12(10-13)8-5-6-11(12)7-9-15-4-2/h11,14H,3-9H2,1-2H3. The molecule has 1 saturated carbocycles. The van der Waals surface area contributed by atoms with Crippen molar-refractivity contribution >= 4 is 11.8 Å². The van der Waals surface area contributed by atoms with Crippen molar-refractivity contribution in [3.8, 4) is 6.07 Å². The van der Waals surface area contributed by atoms with Crippen molar-refractivity contribution in [3.63, 3.8) is 0 Å². The van der Waals surface area contributed by atoms with Crippen LogP contribution in [0, 0.1) is 17.2 Å². The fraction of sp³-hybridized carbons (Fsp3) is 0.917. The van der Waals surface area contributed by atoms with Gasteiger partial charge >= 0.3 is 0 Å². The van der Waals surface area contributed by atoms with Gasteiger partial charge in [-0.15, -0.1) is 0 Å². The van der Waals surface area contributed by atoms with Crippen LogP contribution < -0.4 is 5.32 Å². The van der Waals surface area contributed by atoms with Crippen LogP contribution in [0.5, 0.6) is 0 Å².